The first-order chi connectivity index (χ1) is 15.4. The fourth-order valence-corrected chi connectivity index (χ4v) is 4.33. The molecule has 2 aromatic rings. The summed E-state index contributed by atoms with van der Waals surface area (Å²) in [7, 11) is 3.04. The first kappa shape index (κ1) is 22.2. The summed E-state index contributed by atoms with van der Waals surface area (Å²) in [5.41, 5.74) is 0.960. The average Bonchev–Trinajstić information content (AvgIpc) is 3.41. The van der Waals surface area contributed by atoms with Gasteiger partial charge in [0, 0.05) is 35.4 Å². The highest BCUT2D eigenvalue weighted by molar-refractivity contribution is 6.46. The Hall–Kier alpha value is -3.03. The summed E-state index contributed by atoms with van der Waals surface area (Å²) in [6.45, 7) is 0.859. The Morgan fingerprint density at radius 2 is 1.91 bits per heavy atom. The van der Waals surface area contributed by atoms with Crippen LogP contribution in [0.1, 0.15) is 30.0 Å². The predicted octanol–water partition coefficient (Wildman–Crippen LogP) is 3.96. The van der Waals surface area contributed by atoms with Gasteiger partial charge in [-0.15, -0.1) is 0 Å². The van der Waals surface area contributed by atoms with E-state index in [1.165, 1.54) is 12.0 Å². The molecular weight excluding hydrogens is 434 g/mol. The smallest absolute Gasteiger partial charge is 0.295 e. The van der Waals surface area contributed by atoms with Crippen LogP contribution in [0, 0.1) is 0 Å². The van der Waals surface area contributed by atoms with Crippen molar-refractivity contribution in [3.8, 4) is 11.5 Å². The highest BCUT2D eigenvalue weighted by Gasteiger charge is 2.48. The molecule has 2 saturated heterocycles. The number of aliphatic hydroxyl groups is 1. The molecule has 168 valence electrons. The zero-order valence-corrected chi connectivity index (χ0v) is 18.6. The number of rotatable bonds is 6. The Bertz CT molecular complexity index is 1060. The topological polar surface area (TPSA) is 85.3 Å². The Balaban J connectivity index is 1.87. The minimum Gasteiger partial charge on any atom is -0.507 e. The summed E-state index contributed by atoms with van der Waals surface area (Å²) >= 11 is 5.97. The minimum atomic E-state index is -0.837. The van der Waals surface area contributed by atoms with E-state index in [4.69, 9.17) is 25.8 Å². The van der Waals surface area contributed by atoms with Gasteiger partial charge in [-0.2, -0.15) is 0 Å². The summed E-state index contributed by atoms with van der Waals surface area (Å²) in [4.78, 5) is 27.7. The van der Waals surface area contributed by atoms with Gasteiger partial charge in [-0.25, -0.2) is 0 Å². The molecule has 0 saturated carbocycles. The molecule has 8 heteroatoms. The predicted molar refractivity (Wildman–Crippen MR) is 119 cm³/mol. The molecule has 1 amide bonds. The zero-order valence-electron chi connectivity index (χ0n) is 17.8. The summed E-state index contributed by atoms with van der Waals surface area (Å²) < 4.78 is 16.6. The molecule has 0 spiro atoms. The van der Waals surface area contributed by atoms with E-state index in [2.05, 4.69) is 0 Å². The minimum absolute atomic E-state index is 0.00112. The van der Waals surface area contributed by atoms with E-state index in [1.807, 2.05) is 0 Å². The van der Waals surface area contributed by atoms with E-state index in [9.17, 15) is 14.7 Å². The fourth-order valence-electron chi connectivity index (χ4n) is 4.21. The van der Waals surface area contributed by atoms with Crippen molar-refractivity contribution in [2.24, 2.45) is 0 Å². The molecule has 0 unspecified atom stereocenters. The SMILES string of the molecule is COc1ccc([C@H]2/C(=C(\O)c3ccc(Cl)cc3)C(=O)C(=O)N2C[C@H]2CCCO2)c(OC)c1. The third kappa shape index (κ3) is 4.06. The van der Waals surface area contributed by atoms with E-state index in [1.54, 1.807) is 49.6 Å². The van der Waals surface area contributed by atoms with Crippen molar-refractivity contribution >= 4 is 29.1 Å². The lowest BCUT2D eigenvalue weighted by Crippen LogP contribution is -2.36. The molecule has 2 aliphatic heterocycles. The van der Waals surface area contributed by atoms with Crippen LogP contribution >= 0.6 is 11.6 Å². The van der Waals surface area contributed by atoms with Crippen LogP contribution in [0.3, 0.4) is 0 Å². The molecule has 4 rings (SSSR count). The van der Waals surface area contributed by atoms with Crippen LogP contribution in [-0.4, -0.2) is 55.2 Å². The van der Waals surface area contributed by atoms with Crippen LogP contribution in [0.25, 0.3) is 5.76 Å². The first-order valence-electron chi connectivity index (χ1n) is 10.3. The average molecular weight is 458 g/mol. The van der Waals surface area contributed by atoms with E-state index < -0.39 is 17.7 Å². The van der Waals surface area contributed by atoms with Gasteiger partial charge < -0.3 is 24.2 Å². The van der Waals surface area contributed by atoms with Gasteiger partial charge in [-0.3, -0.25) is 9.59 Å². The molecule has 2 atom stereocenters. The van der Waals surface area contributed by atoms with Gasteiger partial charge in [0.25, 0.3) is 11.7 Å². The number of aliphatic hydroxyl groups excluding tert-OH is 1. The molecule has 7 nitrogen and oxygen atoms in total. The summed E-state index contributed by atoms with van der Waals surface area (Å²) in [6, 6.07) is 10.8. The number of Topliss-reactive ketones (excluding diaryl/α,β-unsaturated/α-hetero) is 1. The standard InChI is InChI=1S/C24H24ClNO6/c1-30-16-9-10-18(19(12-16)31-2)21-20(22(27)14-5-7-15(25)8-6-14)23(28)24(29)26(21)13-17-4-3-11-32-17/h5-10,12,17,21,27H,3-4,11,13H2,1-2H3/b22-20+/t17-,21+/m1/s1. The zero-order chi connectivity index (χ0) is 22.8. The number of ether oxygens (including phenoxy) is 3. The Morgan fingerprint density at radius 1 is 1.16 bits per heavy atom. The number of amides is 1. The van der Waals surface area contributed by atoms with Crippen molar-refractivity contribution in [2.45, 2.75) is 25.0 Å². The molecule has 0 bridgehead atoms. The van der Waals surface area contributed by atoms with Gasteiger partial charge in [-0.05, 0) is 49.2 Å². The quantitative estimate of drug-likeness (QED) is 0.401. The Morgan fingerprint density at radius 3 is 2.53 bits per heavy atom. The molecular formula is C24H24ClNO6. The highest BCUT2D eigenvalue weighted by atomic mass is 35.5. The molecule has 2 fully saturated rings. The molecule has 2 heterocycles. The number of benzene rings is 2. The molecule has 0 aliphatic carbocycles. The van der Waals surface area contributed by atoms with E-state index >= 15 is 0 Å². The van der Waals surface area contributed by atoms with Crippen LogP contribution in [0.4, 0.5) is 0 Å². The number of hydrogen-bond acceptors (Lipinski definition) is 6. The number of nitrogens with zero attached hydrogens (tertiary/aromatic N) is 1. The second kappa shape index (κ2) is 9.22. The van der Waals surface area contributed by atoms with Crippen molar-refractivity contribution < 1.29 is 28.9 Å². The van der Waals surface area contributed by atoms with Crippen LogP contribution in [-0.2, 0) is 14.3 Å². The number of ketones is 1. The normalized spacial score (nSPS) is 22.4. The van der Waals surface area contributed by atoms with Crippen LogP contribution in [0.2, 0.25) is 5.02 Å². The summed E-state index contributed by atoms with van der Waals surface area (Å²) in [6.07, 6.45) is 1.53. The number of halogens is 1. The summed E-state index contributed by atoms with van der Waals surface area (Å²) in [5.74, 6) is -0.690. The number of carbonyl (C=O) groups is 2. The maximum atomic E-state index is 13.1. The summed E-state index contributed by atoms with van der Waals surface area (Å²) in [5, 5.41) is 11.6. The van der Waals surface area contributed by atoms with Gasteiger partial charge in [-0.1, -0.05) is 11.6 Å². The second-order valence-corrected chi connectivity index (χ2v) is 8.14. The van der Waals surface area contributed by atoms with Gasteiger partial charge in [0.05, 0.1) is 31.9 Å². The van der Waals surface area contributed by atoms with Crippen molar-refractivity contribution in [3.63, 3.8) is 0 Å². The third-order valence-electron chi connectivity index (χ3n) is 5.82. The van der Waals surface area contributed by atoms with E-state index in [0.29, 0.717) is 34.3 Å². The Kier molecular flexibility index (Phi) is 6.39. The molecule has 1 N–H and O–H groups in total. The van der Waals surface area contributed by atoms with Gasteiger partial charge in [0.15, 0.2) is 0 Å². The largest absolute Gasteiger partial charge is 0.507 e. The molecule has 0 radical (unpaired) electrons. The third-order valence-corrected chi connectivity index (χ3v) is 6.07. The lowest BCUT2D eigenvalue weighted by Gasteiger charge is -2.28. The van der Waals surface area contributed by atoms with Crippen molar-refractivity contribution in [3.05, 3.63) is 64.2 Å². The maximum absolute atomic E-state index is 13.1. The number of methoxy groups -OCH3 is 2. The lowest BCUT2D eigenvalue weighted by atomic mass is 9.94. The van der Waals surface area contributed by atoms with Crippen molar-refractivity contribution in [2.75, 3.05) is 27.4 Å². The van der Waals surface area contributed by atoms with Gasteiger partial charge in [0.1, 0.15) is 17.3 Å². The lowest BCUT2D eigenvalue weighted by molar-refractivity contribution is -0.140. The molecule has 2 aromatic carbocycles. The van der Waals surface area contributed by atoms with Crippen LogP contribution in [0.5, 0.6) is 11.5 Å². The second-order valence-electron chi connectivity index (χ2n) is 7.70. The molecule has 2 aliphatic rings. The molecule has 0 aromatic heterocycles. The number of hydrogen-bond donors (Lipinski definition) is 1. The number of likely N-dealkylation sites (tertiary alicyclic amines) is 1. The van der Waals surface area contributed by atoms with Gasteiger partial charge >= 0.3 is 0 Å². The van der Waals surface area contributed by atoms with Crippen LogP contribution in [0.15, 0.2) is 48.0 Å². The maximum Gasteiger partial charge on any atom is 0.295 e. The van der Waals surface area contributed by atoms with Gasteiger partial charge in [0.2, 0.25) is 0 Å². The first-order valence-corrected chi connectivity index (χ1v) is 10.7. The Labute approximate surface area is 191 Å². The highest BCUT2D eigenvalue weighted by Crippen LogP contribution is 2.44. The van der Waals surface area contributed by atoms with Crippen LogP contribution < -0.4 is 9.47 Å². The van der Waals surface area contributed by atoms with Crippen molar-refractivity contribution in [1.82, 2.24) is 4.90 Å². The van der Waals surface area contributed by atoms with E-state index in [0.717, 1.165) is 12.8 Å². The fraction of sp³-hybridized carbons (Fsp3) is 0.333. The van der Waals surface area contributed by atoms with E-state index in [-0.39, 0.29) is 24.0 Å². The van der Waals surface area contributed by atoms with Crippen molar-refractivity contribution in [1.29, 1.82) is 0 Å². The molecule has 32 heavy (non-hydrogen) atoms. The monoisotopic (exact) mass is 457 g/mol. The number of carbonyl (C=O) groups excluding carboxylic acids is 2.